The van der Waals surface area contributed by atoms with Gasteiger partial charge in [0.1, 0.15) is 5.75 Å². The van der Waals surface area contributed by atoms with Gasteiger partial charge < -0.3 is 19.9 Å². The molecule has 0 atom stereocenters. The minimum Gasteiger partial charge on any atom is -0.483 e. The molecular weight excluding hydrogens is 317 g/mol. The van der Waals surface area contributed by atoms with E-state index in [0.29, 0.717) is 5.75 Å². The van der Waals surface area contributed by atoms with Crippen molar-refractivity contribution in [2.45, 2.75) is 6.92 Å². The van der Waals surface area contributed by atoms with Gasteiger partial charge in [0.25, 0.3) is 5.91 Å². The van der Waals surface area contributed by atoms with Crippen molar-refractivity contribution >= 4 is 17.6 Å². The van der Waals surface area contributed by atoms with E-state index in [2.05, 4.69) is 5.32 Å². The summed E-state index contributed by atoms with van der Waals surface area (Å²) in [6, 6.07) is 11.0. The number of rotatable bonds is 7. The first-order chi connectivity index (χ1) is 11.5. The largest absolute Gasteiger partial charge is 0.483 e. The number of carboxylic acid groups (broad SMARTS) is 1. The van der Waals surface area contributed by atoms with E-state index in [1.54, 1.807) is 12.1 Å². The molecular formula is C17H16FNO5. The maximum atomic E-state index is 13.8. The van der Waals surface area contributed by atoms with Crippen LogP contribution in [0.1, 0.15) is 5.56 Å². The summed E-state index contributed by atoms with van der Waals surface area (Å²) < 4.78 is 23.9. The number of anilines is 1. The Morgan fingerprint density at radius 2 is 1.79 bits per heavy atom. The number of carboxylic acids is 1. The summed E-state index contributed by atoms with van der Waals surface area (Å²) in [5, 5.41) is 11.0. The second-order valence-electron chi connectivity index (χ2n) is 4.93. The molecule has 24 heavy (non-hydrogen) atoms. The second-order valence-corrected chi connectivity index (χ2v) is 4.93. The van der Waals surface area contributed by atoms with Crippen molar-refractivity contribution in [1.29, 1.82) is 0 Å². The van der Waals surface area contributed by atoms with E-state index in [1.807, 2.05) is 19.1 Å². The number of nitrogens with one attached hydrogen (secondary N) is 1. The predicted octanol–water partition coefficient (Wildman–Crippen LogP) is 2.62. The molecule has 6 nitrogen and oxygen atoms in total. The maximum absolute atomic E-state index is 13.8. The van der Waals surface area contributed by atoms with Gasteiger partial charge in [0.05, 0.1) is 0 Å². The van der Waals surface area contributed by atoms with E-state index < -0.39 is 24.3 Å². The van der Waals surface area contributed by atoms with Crippen molar-refractivity contribution in [2.24, 2.45) is 0 Å². The number of carbonyl (C=O) groups excluding carboxylic acids is 1. The highest BCUT2D eigenvalue weighted by atomic mass is 19.1. The lowest BCUT2D eigenvalue weighted by Gasteiger charge is -2.10. The average molecular weight is 333 g/mol. The van der Waals surface area contributed by atoms with Gasteiger partial charge in [0, 0.05) is 11.8 Å². The number of ether oxygens (including phenoxy) is 2. The highest BCUT2D eigenvalue weighted by Crippen LogP contribution is 2.21. The van der Waals surface area contributed by atoms with Gasteiger partial charge in [-0.05, 0) is 30.7 Å². The maximum Gasteiger partial charge on any atom is 0.341 e. The van der Waals surface area contributed by atoms with Crippen LogP contribution in [0.15, 0.2) is 42.5 Å². The lowest BCUT2D eigenvalue weighted by molar-refractivity contribution is -0.139. The Kier molecular flexibility index (Phi) is 5.73. The summed E-state index contributed by atoms with van der Waals surface area (Å²) in [6.45, 7) is 0.995. The summed E-state index contributed by atoms with van der Waals surface area (Å²) in [4.78, 5) is 22.2. The van der Waals surface area contributed by atoms with Crippen molar-refractivity contribution in [2.75, 3.05) is 18.5 Å². The molecule has 2 rings (SSSR count). The molecule has 2 aromatic rings. The number of hydrogen-bond acceptors (Lipinski definition) is 4. The Morgan fingerprint density at radius 1 is 1.08 bits per heavy atom. The topological polar surface area (TPSA) is 84.9 Å². The number of benzene rings is 2. The molecule has 0 aliphatic rings. The molecule has 0 saturated carbocycles. The van der Waals surface area contributed by atoms with Gasteiger partial charge in [0.15, 0.2) is 24.8 Å². The van der Waals surface area contributed by atoms with Crippen LogP contribution in [0.4, 0.5) is 10.1 Å². The fraction of sp³-hybridized carbons (Fsp3) is 0.176. The third-order valence-electron chi connectivity index (χ3n) is 3.02. The lowest BCUT2D eigenvalue weighted by Crippen LogP contribution is -2.20. The van der Waals surface area contributed by atoms with Gasteiger partial charge in [-0.15, -0.1) is 0 Å². The first kappa shape index (κ1) is 17.3. The number of aliphatic carboxylic acids is 1. The molecule has 0 aromatic heterocycles. The minimum absolute atomic E-state index is 0.202. The van der Waals surface area contributed by atoms with Crippen LogP contribution in [-0.2, 0) is 9.59 Å². The number of para-hydroxylation sites is 1. The van der Waals surface area contributed by atoms with Crippen molar-refractivity contribution < 1.29 is 28.6 Å². The first-order valence-electron chi connectivity index (χ1n) is 7.08. The Hall–Kier alpha value is -3.09. The standard InChI is InChI=1S/C17H16FNO5/c1-11-4-2-3-5-14(11)23-9-16(20)19-12-6-7-15(13(18)8-12)24-10-17(21)22/h2-8H,9-10H2,1H3,(H,19,20)(H,21,22). The average Bonchev–Trinajstić information content (AvgIpc) is 2.53. The molecule has 1 amide bonds. The number of halogens is 1. The second kappa shape index (κ2) is 7.96. The monoisotopic (exact) mass is 333 g/mol. The quantitative estimate of drug-likeness (QED) is 0.813. The van der Waals surface area contributed by atoms with E-state index >= 15 is 0 Å². The molecule has 0 heterocycles. The molecule has 0 radical (unpaired) electrons. The third-order valence-corrected chi connectivity index (χ3v) is 3.02. The van der Waals surface area contributed by atoms with Crippen molar-refractivity contribution in [3.63, 3.8) is 0 Å². The number of hydrogen-bond donors (Lipinski definition) is 2. The summed E-state index contributed by atoms with van der Waals surface area (Å²) in [5.41, 5.74) is 1.12. The van der Waals surface area contributed by atoms with Gasteiger partial charge in [0.2, 0.25) is 0 Å². The van der Waals surface area contributed by atoms with Gasteiger partial charge in [-0.2, -0.15) is 0 Å². The minimum atomic E-state index is -1.21. The van der Waals surface area contributed by atoms with Crippen LogP contribution in [0, 0.1) is 12.7 Å². The third kappa shape index (κ3) is 4.98. The van der Waals surface area contributed by atoms with Crippen LogP contribution in [0.3, 0.4) is 0 Å². The summed E-state index contributed by atoms with van der Waals surface area (Å²) in [6.07, 6.45) is 0. The molecule has 7 heteroatoms. The molecule has 0 fully saturated rings. The molecule has 2 N–H and O–H groups in total. The zero-order valence-electron chi connectivity index (χ0n) is 12.9. The van der Waals surface area contributed by atoms with Gasteiger partial charge in [-0.25, -0.2) is 9.18 Å². The lowest BCUT2D eigenvalue weighted by atomic mass is 10.2. The van der Waals surface area contributed by atoms with E-state index in [0.717, 1.165) is 11.6 Å². The fourth-order valence-corrected chi connectivity index (χ4v) is 1.89. The number of carbonyl (C=O) groups is 2. The Bertz CT molecular complexity index is 748. The van der Waals surface area contributed by atoms with Crippen molar-refractivity contribution in [1.82, 2.24) is 0 Å². The highest BCUT2D eigenvalue weighted by Gasteiger charge is 2.10. The first-order valence-corrected chi connectivity index (χ1v) is 7.08. The summed E-state index contributed by atoms with van der Waals surface area (Å²) in [5.74, 6) is -2.03. The van der Waals surface area contributed by atoms with Crippen LogP contribution < -0.4 is 14.8 Å². The van der Waals surface area contributed by atoms with Gasteiger partial charge >= 0.3 is 5.97 Å². The zero-order chi connectivity index (χ0) is 17.5. The van der Waals surface area contributed by atoms with E-state index in [1.165, 1.54) is 12.1 Å². The van der Waals surface area contributed by atoms with E-state index in [-0.39, 0.29) is 18.0 Å². The molecule has 2 aromatic carbocycles. The van der Waals surface area contributed by atoms with Gasteiger partial charge in [-0.3, -0.25) is 4.79 Å². The molecule has 0 unspecified atom stereocenters. The van der Waals surface area contributed by atoms with Crippen molar-refractivity contribution in [3.05, 3.63) is 53.8 Å². The molecule has 0 aliphatic carbocycles. The highest BCUT2D eigenvalue weighted by molar-refractivity contribution is 5.91. The molecule has 0 bridgehead atoms. The van der Waals surface area contributed by atoms with Crippen LogP contribution >= 0.6 is 0 Å². The Labute approximate surface area is 137 Å². The van der Waals surface area contributed by atoms with Crippen LogP contribution in [0.2, 0.25) is 0 Å². The fourth-order valence-electron chi connectivity index (χ4n) is 1.89. The SMILES string of the molecule is Cc1ccccc1OCC(=O)Nc1ccc(OCC(=O)O)c(F)c1. The van der Waals surface area contributed by atoms with E-state index in [9.17, 15) is 14.0 Å². The molecule has 0 saturated heterocycles. The van der Waals surface area contributed by atoms with Crippen molar-refractivity contribution in [3.8, 4) is 11.5 Å². The normalized spacial score (nSPS) is 10.1. The number of aryl methyl sites for hydroxylation is 1. The smallest absolute Gasteiger partial charge is 0.341 e. The number of amides is 1. The molecule has 0 spiro atoms. The summed E-state index contributed by atoms with van der Waals surface area (Å²) in [7, 11) is 0. The van der Waals surface area contributed by atoms with Gasteiger partial charge in [-0.1, -0.05) is 18.2 Å². The Balaban J connectivity index is 1.91. The van der Waals surface area contributed by atoms with Crippen LogP contribution in [-0.4, -0.2) is 30.2 Å². The van der Waals surface area contributed by atoms with Crippen LogP contribution in [0.5, 0.6) is 11.5 Å². The summed E-state index contributed by atoms with van der Waals surface area (Å²) >= 11 is 0. The zero-order valence-corrected chi connectivity index (χ0v) is 12.9. The molecule has 126 valence electrons. The molecule has 0 aliphatic heterocycles. The predicted molar refractivity (Wildman–Crippen MR) is 84.8 cm³/mol. The Morgan fingerprint density at radius 3 is 2.46 bits per heavy atom. The van der Waals surface area contributed by atoms with Crippen LogP contribution in [0.25, 0.3) is 0 Å². The van der Waals surface area contributed by atoms with E-state index in [4.69, 9.17) is 14.6 Å².